The van der Waals surface area contributed by atoms with Gasteiger partial charge in [-0.15, -0.1) is 0 Å². The smallest absolute Gasteiger partial charge is 0.224 e. The number of amides is 1. The Morgan fingerprint density at radius 3 is 2.44 bits per heavy atom. The summed E-state index contributed by atoms with van der Waals surface area (Å²) in [6.45, 7) is 3.75. The zero-order valence-electron chi connectivity index (χ0n) is 14.2. The molecule has 1 saturated heterocycles. The van der Waals surface area contributed by atoms with Crippen molar-refractivity contribution in [1.82, 2.24) is 10.2 Å². The van der Waals surface area contributed by atoms with E-state index in [0.717, 1.165) is 42.5 Å². The van der Waals surface area contributed by atoms with Crippen LogP contribution in [-0.4, -0.2) is 43.7 Å². The van der Waals surface area contributed by atoms with Gasteiger partial charge in [-0.05, 0) is 23.3 Å². The first-order chi connectivity index (χ1) is 12.2. The van der Waals surface area contributed by atoms with Crippen LogP contribution in [0.25, 0.3) is 0 Å². The second-order valence-corrected chi connectivity index (χ2v) is 6.62. The molecule has 1 aliphatic heterocycles. The summed E-state index contributed by atoms with van der Waals surface area (Å²) in [6.07, 6.45) is 0.400. The van der Waals surface area contributed by atoms with Crippen LogP contribution < -0.4 is 5.32 Å². The lowest BCUT2D eigenvalue weighted by atomic mass is 10.0. The van der Waals surface area contributed by atoms with Crippen molar-refractivity contribution in [1.29, 1.82) is 0 Å². The third-order valence-corrected chi connectivity index (χ3v) is 4.69. The molecule has 25 heavy (non-hydrogen) atoms. The Kier molecular flexibility index (Phi) is 6.45. The Morgan fingerprint density at radius 1 is 1.08 bits per heavy atom. The number of hydrogen-bond donors (Lipinski definition) is 1. The second-order valence-electron chi connectivity index (χ2n) is 6.18. The van der Waals surface area contributed by atoms with Crippen LogP contribution in [0.4, 0.5) is 0 Å². The van der Waals surface area contributed by atoms with E-state index >= 15 is 0 Å². The summed E-state index contributed by atoms with van der Waals surface area (Å²) in [5, 5.41) is 3.81. The summed E-state index contributed by atoms with van der Waals surface area (Å²) in [6, 6.07) is 17.8. The van der Waals surface area contributed by atoms with Gasteiger partial charge in [0.15, 0.2) is 0 Å². The molecule has 1 aliphatic rings. The first-order valence-corrected chi connectivity index (χ1v) is 8.98. The maximum atomic E-state index is 12.3. The fourth-order valence-electron chi connectivity index (χ4n) is 3.09. The molecule has 0 saturated carbocycles. The minimum Gasteiger partial charge on any atom is -0.379 e. The first-order valence-electron chi connectivity index (χ1n) is 8.60. The number of benzene rings is 2. The molecular formula is C20H23ClN2O2. The number of morpholine rings is 1. The lowest BCUT2D eigenvalue weighted by Crippen LogP contribution is -2.44. The molecule has 2 aromatic rings. The molecule has 132 valence electrons. The molecule has 2 aromatic carbocycles. The van der Waals surface area contributed by atoms with Gasteiger partial charge in [0.05, 0.1) is 25.7 Å². The van der Waals surface area contributed by atoms with Crippen LogP contribution >= 0.6 is 11.6 Å². The molecule has 1 N–H and O–H groups in total. The molecular weight excluding hydrogens is 336 g/mol. The lowest BCUT2D eigenvalue weighted by Gasteiger charge is -2.35. The van der Waals surface area contributed by atoms with Gasteiger partial charge in [0, 0.05) is 24.7 Å². The number of halogens is 1. The van der Waals surface area contributed by atoms with Crippen LogP contribution in [0.2, 0.25) is 5.02 Å². The van der Waals surface area contributed by atoms with E-state index in [4.69, 9.17) is 16.3 Å². The zero-order chi connectivity index (χ0) is 17.5. The Labute approximate surface area is 153 Å². The molecule has 0 bridgehead atoms. The van der Waals surface area contributed by atoms with Crippen molar-refractivity contribution in [2.45, 2.75) is 12.5 Å². The van der Waals surface area contributed by atoms with E-state index in [1.807, 2.05) is 54.6 Å². The summed E-state index contributed by atoms with van der Waals surface area (Å²) in [4.78, 5) is 14.7. The van der Waals surface area contributed by atoms with E-state index in [2.05, 4.69) is 10.2 Å². The van der Waals surface area contributed by atoms with Crippen LogP contribution in [0.5, 0.6) is 0 Å². The Hall–Kier alpha value is -1.88. The van der Waals surface area contributed by atoms with Gasteiger partial charge in [0.2, 0.25) is 5.91 Å². The van der Waals surface area contributed by atoms with Gasteiger partial charge < -0.3 is 10.1 Å². The number of carbonyl (C=O) groups excluding carboxylic acids is 1. The van der Waals surface area contributed by atoms with Crippen LogP contribution in [0.3, 0.4) is 0 Å². The highest BCUT2D eigenvalue weighted by atomic mass is 35.5. The highest BCUT2D eigenvalue weighted by molar-refractivity contribution is 6.30. The predicted octanol–water partition coefficient (Wildman–Crippen LogP) is 3.07. The van der Waals surface area contributed by atoms with Gasteiger partial charge in [-0.2, -0.15) is 0 Å². The number of nitrogens with zero attached hydrogens (tertiary/aromatic N) is 1. The Balaban J connectivity index is 1.64. The summed E-state index contributed by atoms with van der Waals surface area (Å²) < 4.78 is 5.46. The highest BCUT2D eigenvalue weighted by Gasteiger charge is 2.23. The number of rotatable bonds is 6. The Bertz CT molecular complexity index is 670. The summed E-state index contributed by atoms with van der Waals surface area (Å²) in [7, 11) is 0. The van der Waals surface area contributed by atoms with Gasteiger partial charge in [-0.25, -0.2) is 0 Å². The number of carbonyl (C=O) groups is 1. The third kappa shape index (κ3) is 5.30. The van der Waals surface area contributed by atoms with Gasteiger partial charge in [-0.1, -0.05) is 54.1 Å². The standard InChI is InChI=1S/C20H23ClN2O2/c21-18-8-6-17(7-9-18)19(23-10-12-25-13-11-23)15-22-20(24)14-16-4-2-1-3-5-16/h1-9,19H,10-15H2,(H,22,24)/t19-/m0/s1. The van der Waals surface area contributed by atoms with Gasteiger partial charge in [-0.3, -0.25) is 9.69 Å². The maximum Gasteiger partial charge on any atom is 0.224 e. The topological polar surface area (TPSA) is 41.6 Å². The second kappa shape index (κ2) is 8.99. The van der Waals surface area contributed by atoms with Gasteiger partial charge >= 0.3 is 0 Å². The average Bonchev–Trinajstić information content (AvgIpc) is 2.65. The molecule has 0 spiro atoms. The molecule has 1 heterocycles. The molecule has 0 aromatic heterocycles. The fraction of sp³-hybridized carbons (Fsp3) is 0.350. The van der Waals surface area contributed by atoms with E-state index in [1.165, 1.54) is 0 Å². The largest absolute Gasteiger partial charge is 0.379 e. The maximum absolute atomic E-state index is 12.3. The monoisotopic (exact) mass is 358 g/mol. The van der Waals surface area contributed by atoms with Crippen LogP contribution in [0, 0.1) is 0 Å². The van der Waals surface area contributed by atoms with E-state index in [0.29, 0.717) is 13.0 Å². The van der Waals surface area contributed by atoms with Crippen LogP contribution in [0.15, 0.2) is 54.6 Å². The molecule has 5 heteroatoms. The molecule has 3 rings (SSSR count). The molecule has 0 unspecified atom stereocenters. The van der Waals surface area contributed by atoms with Crippen molar-refractivity contribution in [2.75, 3.05) is 32.8 Å². The van der Waals surface area contributed by atoms with E-state index < -0.39 is 0 Å². The summed E-state index contributed by atoms with van der Waals surface area (Å²) >= 11 is 6.02. The lowest BCUT2D eigenvalue weighted by molar-refractivity contribution is -0.120. The van der Waals surface area contributed by atoms with Crippen molar-refractivity contribution < 1.29 is 9.53 Å². The fourth-order valence-corrected chi connectivity index (χ4v) is 3.21. The number of nitrogens with one attached hydrogen (secondary N) is 1. The van der Waals surface area contributed by atoms with Gasteiger partial charge in [0.25, 0.3) is 0 Å². The molecule has 1 amide bonds. The number of hydrogen-bond acceptors (Lipinski definition) is 3. The quantitative estimate of drug-likeness (QED) is 0.862. The minimum atomic E-state index is 0.0402. The normalized spacial score (nSPS) is 16.4. The van der Waals surface area contributed by atoms with Gasteiger partial charge in [0.1, 0.15) is 0 Å². The van der Waals surface area contributed by atoms with E-state index in [1.54, 1.807) is 0 Å². The van der Waals surface area contributed by atoms with E-state index in [9.17, 15) is 4.79 Å². The van der Waals surface area contributed by atoms with Crippen molar-refractivity contribution in [3.05, 3.63) is 70.7 Å². The molecule has 1 fully saturated rings. The van der Waals surface area contributed by atoms with Crippen molar-refractivity contribution in [2.24, 2.45) is 0 Å². The van der Waals surface area contributed by atoms with E-state index in [-0.39, 0.29) is 11.9 Å². The Morgan fingerprint density at radius 2 is 1.76 bits per heavy atom. The van der Waals surface area contributed by atoms with Crippen molar-refractivity contribution in [3.63, 3.8) is 0 Å². The van der Waals surface area contributed by atoms with Crippen molar-refractivity contribution in [3.8, 4) is 0 Å². The first kappa shape index (κ1) is 17.9. The average molecular weight is 359 g/mol. The SMILES string of the molecule is O=C(Cc1ccccc1)NC[C@@H](c1ccc(Cl)cc1)N1CCOCC1. The number of ether oxygens (including phenoxy) is 1. The molecule has 4 nitrogen and oxygen atoms in total. The highest BCUT2D eigenvalue weighted by Crippen LogP contribution is 2.23. The van der Waals surface area contributed by atoms with Crippen LogP contribution in [-0.2, 0) is 16.0 Å². The third-order valence-electron chi connectivity index (χ3n) is 4.44. The summed E-state index contributed by atoms with van der Waals surface area (Å²) in [5.74, 6) is 0.0402. The van der Waals surface area contributed by atoms with Crippen molar-refractivity contribution >= 4 is 17.5 Å². The molecule has 0 radical (unpaired) electrons. The molecule has 1 atom stereocenters. The zero-order valence-corrected chi connectivity index (χ0v) is 14.9. The summed E-state index contributed by atoms with van der Waals surface area (Å²) in [5.41, 5.74) is 2.18. The van der Waals surface area contributed by atoms with Crippen LogP contribution in [0.1, 0.15) is 17.2 Å². The predicted molar refractivity (Wildman–Crippen MR) is 99.7 cm³/mol. The molecule has 0 aliphatic carbocycles. The minimum absolute atomic E-state index is 0.0402.